The highest BCUT2D eigenvalue weighted by atomic mass is 32.2. The molecule has 1 saturated heterocycles. The summed E-state index contributed by atoms with van der Waals surface area (Å²) in [6, 6.07) is 12.3. The van der Waals surface area contributed by atoms with Gasteiger partial charge in [-0.25, -0.2) is 16.8 Å². The van der Waals surface area contributed by atoms with Crippen LogP contribution in [-0.2, 0) is 19.9 Å². The smallest absolute Gasteiger partial charge is 0.268 e. The molecule has 0 unspecified atom stereocenters. The van der Waals surface area contributed by atoms with Gasteiger partial charge in [0.25, 0.3) is 10.0 Å². The van der Waals surface area contributed by atoms with Crippen molar-refractivity contribution in [3.05, 3.63) is 48.5 Å². The van der Waals surface area contributed by atoms with E-state index in [0.29, 0.717) is 11.4 Å². The van der Waals surface area contributed by atoms with Crippen molar-refractivity contribution in [3.8, 4) is 11.5 Å². The van der Waals surface area contributed by atoms with Crippen LogP contribution in [0.5, 0.6) is 11.5 Å². The summed E-state index contributed by atoms with van der Waals surface area (Å²) in [4.78, 5) is -0.0426. The fraction of sp³-hybridized carbons (Fsp3) is 0.333. The zero-order chi connectivity index (χ0) is 19.7. The number of hydrogen-bond donors (Lipinski definition) is 0. The van der Waals surface area contributed by atoms with Crippen molar-refractivity contribution in [2.45, 2.75) is 17.4 Å². The third-order valence-electron chi connectivity index (χ3n) is 4.46. The minimum Gasteiger partial charge on any atom is -0.497 e. The van der Waals surface area contributed by atoms with Crippen molar-refractivity contribution in [3.63, 3.8) is 0 Å². The Bertz CT molecular complexity index is 1020. The molecular weight excluding hydrogens is 390 g/mol. The topological polar surface area (TPSA) is 90.0 Å². The number of hydrogen-bond acceptors (Lipinski definition) is 6. The van der Waals surface area contributed by atoms with Gasteiger partial charge in [-0.2, -0.15) is 0 Å². The van der Waals surface area contributed by atoms with Crippen molar-refractivity contribution in [2.75, 3.05) is 30.0 Å². The summed E-state index contributed by atoms with van der Waals surface area (Å²) >= 11 is 0. The van der Waals surface area contributed by atoms with Crippen LogP contribution in [0, 0.1) is 0 Å². The summed E-state index contributed by atoms with van der Waals surface area (Å²) in [5.74, 6) is 0.354. The fourth-order valence-electron chi connectivity index (χ4n) is 3.18. The minimum atomic E-state index is -4.07. The van der Waals surface area contributed by atoms with E-state index in [4.69, 9.17) is 9.47 Å². The molecule has 1 aliphatic heterocycles. The van der Waals surface area contributed by atoms with Crippen LogP contribution in [0.25, 0.3) is 0 Å². The van der Waals surface area contributed by atoms with Gasteiger partial charge >= 0.3 is 0 Å². The fourth-order valence-corrected chi connectivity index (χ4v) is 6.79. The molecule has 27 heavy (non-hydrogen) atoms. The number of benzene rings is 2. The minimum absolute atomic E-state index is 0.0315. The van der Waals surface area contributed by atoms with E-state index >= 15 is 0 Å². The lowest BCUT2D eigenvalue weighted by molar-refractivity contribution is 0.386. The number of anilines is 1. The number of rotatable bonds is 6. The largest absolute Gasteiger partial charge is 0.497 e. The first-order chi connectivity index (χ1) is 12.8. The van der Waals surface area contributed by atoms with Gasteiger partial charge in [-0.15, -0.1) is 0 Å². The summed E-state index contributed by atoms with van der Waals surface area (Å²) in [5.41, 5.74) is 0.414. The third-order valence-corrected chi connectivity index (χ3v) is 8.13. The van der Waals surface area contributed by atoms with Gasteiger partial charge < -0.3 is 9.47 Å². The van der Waals surface area contributed by atoms with Gasteiger partial charge in [0.05, 0.1) is 37.5 Å². The quantitative estimate of drug-likeness (QED) is 0.723. The predicted octanol–water partition coefficient (Wildman–Crippen LogP) is 2.09. The first-order valence-corrected chi connectivity index (χ1v) is 11.6. The molecular formula is C18H21NO6S2. The molecule has 2 aromatic carbocycles. The van der Waals surface area contributed by atoms with E-state index in [-0.39, 0.29) is 28.6 Å². The van der Waals surface area contributed by atoms with Crippen molar-refractivity contribution >= 4 is 25.5 Å². The Morgan fingerprint density at radius 1 is 1.04 bits per heavy atom. The highest BCUT2D eigenvalue weighted by Crippen LogP contribution is 2.35. The molecule has 7 nitrogen and oxygen atoms in total. The van der Waals surface area contributed by atoms with E-state index in [1.54, 1.807) is 30.3 Å². The van der Waals surface area contributed by atoms with Crippen LogP contribution < -0.4 is 13.8 Å². The molecule has 1 fully saturated rings. The van der Waals surface area contributed by atoms with Crippen molar-refractivity contribution < 1.29 is 26.3 Å². The highest BCUT2D eigenvalue weighted by molar-refractivity contribution is 7.93. The summed E-state index contributed by atoms with van der Waals surface area (Å²) in [6.45, 7) is 0. The van der Waals surface area contributed by atoms with Gasteiger partial charge in [0.15, 0.2) is 9.84 Å². The molecule has 1 heterocycles. The average Bonchev–Trinajstić information content (AvgIpc) is 3.01. The third kappa shape index (κ3) is 3.89. The van der Waals surface area contributed by atoms with E-state index in [1.807, 2.05) is 0 Å². The van der Waals surface area contributed by atoms with E-state index in [1.165, 1.54) is 36.7 Å². The van der Waals surface area contributed by atoms with Crippen LogP contribution in [-0.4, -0.2) is 48.6 Å². The van der Waals surface area contributed by atoms with E-state index in [9.17, 15) is 16.8 Å². The van der Waals surface area contributed by atoms with Crippen molar-refractivity contribution in [1.82, 2.24) is 0 Å². The Labute approximate surface area is 159 Å². The summed E-state index contributed by atoms with van der Waals surface area (Å²) in [5, 5.41) is 0. The molecule has 0 amide bonds. The molecule has 0 radical (unpaired) electrons. The lowest BCUT2D eigenvalue weighted by Gasteiger charge is -2.30. The first kappa shape index (κ1) is 19.5. The molecule has 0 aliphatic carbocycles. The van der Waals surface area contributed by atoms with Gasteiger partial charge in [0.1, 0.15) is 16.4 Å². The molecule has 0 saturated carbocycles. The van der Waals surface area contributed by atoms with Gasteiger partial charge in [-0.05, 0) is 30.7 Å². The van der Waals surface area contributed by atoms with Gasteiger partial charge in [-0.1, -0.05) is 18.2 Å². The molecule has 1 atom stereocenters. The number of para-hydroxylation sites is 1. The van der Waals surface area contributed by atoms with Crippen LogP contribution in [0.2, 0.25) is 0 Å². The number of ether oxygens (including phenoxy) is 2. The Morgan fingerprint density at radius 3 is 2.30 bits per heavy atom. The summed E-state index contributed by atoms with van der Waals surface area (Å²) < 4.78 is 62.6. The standard InChI is InChI=1S/C18H21NO6S2/c1-24-16-8-9-18(17(12-16)25-2)27(22,23)19(14-6-4-3-5-7-14)15-10-11-26(20,21)13-15/h3-9,12,15H,10-11,13H2,1-2H3/t15-/m0/s1. The maximum atomic E-state index is 13.5. The predicted molar refractivity (Wildman–Crippen MR) is 103 cm³/mol. The second-order valence-electron chi connectivity index (χ2n) is 6.21. The van der Waals surface area contributed by atoms with E-state index in [0.717, 1.165) is 0 Å². The van der Waals surface area contributed by atoms with Crippen LogP contribution in [0.4, 0.5) is 5.69 Å². The van der Waals surface area contributed by atoms with Gasteiger partial charge in [0.2, 0.25) is 0 Å². The second-order valence-corrected chi connectivity index (χ2v) is 10.2. The lowest BCUT2D eigenvalue weighted by Crippen LogP contribution is -2.41. The van der Waals surface area contributed by atoms with Crippen LogP contribution in [0.3, 0.4) is 0 Å². The average molecular weight is 412 g/mol. The SMILES string of the molecule is COc1ccc(S(=O)(=O)N(c2ccccc2)[C@H]2CCS(=O)(=O)C2)c(OC)c1. The Balaban J connectivity index is 2.14. The molecule has 0 N–H and O–H groups in total. The Hall–Kier alpha value is -2.26. The molecule has 3 rings (SSSR count). The van der Waals surface area contributed by atoms with Crippen molar-refractivity contribution in [1.29, 1.82) is 0 Å². The summed E-state index contributed by atoms with van der Waals surface area (Å²) in [7, 11) is -4.49. The van der Waals surface area contributed by atoms with E-state index < -0.39 is 25.9 Å². The van der Waals surface area contributed by atoms with Crippen molar-refractivity contribution in [2.24, 2.45) is 0 Å². The zero-order valence-corrected chi connectivity index (χ0v) is 16.7. The Morgan fingerprint density at radius 2 is 1.74 bits per heavy atom. The van der Waals surface area contributed by atoms with Gasteiger partial charge in [0, 0.05) is 6.07 Å². The summed E-state index contributed by atoms with van der Waals surface area (Å²) in [6.07, 6.45) is 0.245. The first-order valence-electron chi connectivity index (χ1n) is 8.30. The maximum absolute atomic E-state index is 13.5. The highest BCUT2D eigenvalue weighted by Gasteiger charge is 2.40. The molecule has 0 bridgehead atoms. The Kier molecular flexibility index (Phi) is 5.34. The lowest BCUT2D eigenvalue weighted by atomic mass is 10.2. The number of methoxy groups -OCH3 is 2. The second kappa shape index (κ2) is 7.40. The molecule has 0 spiro atoms. The monoisotopic (exact) mass is 411 g/mol. The normalized spacial score (nSPS) is 18.8. The number of nitrogens with zero attached hydrogens (tertiary/aromatic N) is 1. The molecule has 9 heteroatoms. The number of sulfone groups is 1. The maximum Gasteiger partial charge on any atom is 0.268 e. The van der Waals surface area contributed by atoms with Crippen LogP contribution in [0.1, 0.15) is 6.42 Å². The van der Waals surface area contributed by atoms with Crippen LogP contribution >= 0.6 is 0 Å². The number of sulfonamides is 1. The molecule has 1 aliphatic rings. The van der Waals surface area contributed by atoms with Crippen LogP contribution in [0.15, 0.2) is 53.4 Å². The molecule has 146 valence electrons. The molecule has 0 aromatic heterocycles. The zero-order valence-electron chi connectivity index (χ0n) is 15.0. The molecule has 2 aromatic rings. The van der Waals surface area contributed by atoms with Gasteiger partial charge in [-0.3, -0.25) is 4.31 Å². The van der Waals surface area contributed by atoms with E-state index in [2.05, 4.69) is 0 Å².